The Balaban J connectivity index is 2.97. The number of methoxy groups -OCH3 is 2. The molecule has 0 aromatic heterocycles. The molecule has 4 nitrogen and oxygen atoms in total. The van der Waals surface area contributed by atoms with Crippen molar-refractivity contribution in [2.45, 2.75) is 13.2 Å². The maximum Gasteiger partial charge on any atom is 0.488 e. The normalized spacial score (nSPS) is 10.4. The average Bonchev–Trinajstić information content (AvgIpc) is 2.21. The van der Waals surface area contributed by atoms with Crippen LogP contribution in [0.3, 0.4) is 0 Å². The fourth-order valence-corrected chi connectivity index (χ4v) is 1.39. The van der Waals surface area contributed by atoms with Crippen molar-refractivity contribution in [3.05, 3.63) is 29.3 Å². The van der Waals surface area contributed by atoms with Crippen LogP contribution in [0.5, 0.6) is 0 Å². The summed E-state index contributed by atoms with van der Waals surface area (Å²) >= 11 is 0. The van der Waals surface area contributed by atoms with Crippen LogP contribution in [0.25, 0.3) is 0 Å². The molecular formula is C10H15BO4. The van der Waals surface area contributed by atoms with Crippen molar-refractivity contribution in [1.29, 1.82) is 0 Å². The topological polar surface area (TPSA) is 58.9 Å². The summed E-state index contributed by atoms with van der Waals surface area (Å²) in [6.07, 6.45) is 0. The molecule has 0 amide bonds. The van der Waals surface area contributed by atoms with Gasteiger partial charge in [-0.05, 0) is 16.6 Å². The number of ether oxygens (including phenoxy) is 2. The molecule has 0 spiro atoms. The smallest absolute Gasteiger partial charge is 0.423 e. The SMILES string of the molecule is COCc1ccc(B(O)O)cc1COC. The number of hydrogen-bond donors (Lipinski definition) is 2. The van der Waals surface area contributed by atoms with Crippen molar-refractivity contribution in [1.82, 2.24) is 0 Å². The van der Waals surface area contributed by atoms with Gasteiger partial charge >= 0.3 is 7.12 Å². The van der Waals surface area contributed by atoms with Gasteiger partial charge in [-0.1, -0.05) is 18.2 Å². The first kappa shape index (κ1) is 12.2. The number of benzene rings is 1. The first-order chi connectivity index (χ1) is 7.19. The lowest BCUT2D eigenvalue weighted by atomic mass is 9.79. The van der Waals surface area contributed by atoms with Crippen molar-refractivity contribution >= 4 is 12.6 Å². The standard InChI is InChI=1S/C10H15BO4/c1-14-6-8-3-4-10(11(12)13)5-9(8)7-15-2/h3-5,12-13H,6-7H2,1-2H3. The summed E-state index contributed by atoms with van der Waals surface area (Å²) in [5.74, 6) is 0. The van der Waals surface area contributed by atoms with Crippen LogP contribution in [0.1, 0.15) is 11.1 Å². The van der Waals surface area contributed by atoms with E-state index >= 15 is 0 Å². The second-order valence-corrected chi connectivity index (χ2v) is 3.27. The molecule has 0 atom stereocenters. The number of rotatable bonds is 5. The molecule has 0 bridgehead atoms. The van der Waals surface area contributed by atoms with E-state index in [0.29, 0.717) is 18.7 Å². The maximum absolute atomic E-state index is 9.02. The fraction of sp³-hybridized carbons (Fsp3) is 0.400. The van der Waals surface area contributed by atoms with E-state index < -0.39 is 7.12 Å². The molecule has 0 aliphatic carbocycles. The first-order valence-electron chi connectivity index (χ1n) is 4.64. The monoisotopic (exact) mass is 210 g/mol. The molecule has 0 saturated carbocycles. The minimum absolute atomic E-state index is 0.430. The van der Waals surface area contributed by atoms with Crippen LogP contribution in [-0.2, 0) is 22.7 Å². The Morgan fingerprint density at radius 2 is 1.67 bits per heavy atom. The van der Waals surface area contributed by atoms with E-state index in [2.05, 4.69) is 0 Å². The third-order valence-electron chi connectivity index (χ3n) is 2.13. The Hall–Kier alpha value is -0.875. The van der Waals surface area contributed by atoms with Gasteiger partial charge in [0.25, 0.3) is 0 Å². The van der Waals surface area contributed by atoms with Crippen molar-refractivity contribution in [3.63, 3.8) is 0 Å². The van der Waals surface area contributed by atoms with Gasteiger partial charge in [0.15, 0.2) is 0 Å². The molecule has 1 aromatic rings. The molecule has 82 valence electrons. The Morgan fingerprint density at radius 3 is 2.20 bits per heavy atom. The summed E-state index contributed by atoms with van der Waals surface area (Å²) in [4.78, 5) is 0. The van der Waals surface area contributed by atoms with Gasteiger partial charge in [-0.3, -0.25) is 0 Å². The summed E-state index contributed by atoms with van der Waals surface area (Å²) in [5.41, 5.74) is 2.36. The highest BCUT2D eigenvalue weighted by molar-refractivity contribution is 6.58. The molecule has 15 heavy (non-hydrogen) atoms. The van der Waals surface area contributed by atoms with E-state index in [-0.39, 0.29) is 0 Å². The lowest BCUT2D eigenvalue weighted by Gasteiger charge is -2.10. The van der Waals surface area contributed by atoms with Gasteiger partial charge in [0.05, 0.1) is 13.2 Å². The van der Waals surface area contributed by atoms with Gasteiger partial charge < -0.3 is 19.5 Å². The summed E-state index contributed by atoms with van der Waals surface area (Å²) in [6.45, 7) is 0.916. The van der Waals surface area contributed by atoms with Crippen LogP contribution in [0.4, 0.5) is 0 Å². The molecule has 0 aliphatic heterocycles. The minimum atomic E-state index is -1.45. The molecule has 1 aromatic carbocycles. The molecule has 5 heteroatoms. The maximum atomic E-state index is 9.02. The molecule has 0 fully saturated rings. The Labute approximate surface area is 89.6 Å². The molecule has 0 aliphatic rings. The summed E-state index contributed by atoms with van der Waals surface area (Å²) in [6, 6.07) is 5.19. The van der Waals surface area contributed by atoms with Crippen LogP contribution in [-0.4, -0.2) is 31.4 Å². The summed E-state index contributed by atoms with van der Waals surface area (Å²) in [7, 11) is 1.77. The second-order valence-electron chi connectivity index (χ2n) is 3.27. The molecule has 0 heterocycles. The van der Waals surface area contributed by atoms with Gasteiger partial charge in [-0.15, -0.1) is 0 Å². The van der Waals surface area contributed by atoms with E-state index in [1.807, 2.05) is 6.07 Å². The third kappa shape index (κ3) is 3.32. The first-order valence-corrected chi connectivity index (χ1v) is 4.64. The lowest BCUT2D eigenvalue weighted by molar-refractivity contribution is 0.168. The van der Waals surface area contributed by atoms with Crippen LogP contribution < -0.4 is 5.46 Å². The number of hydrogen-bond acceptors (Lipinski definition) is 4. The van der Waals surface area contributed by atoms with Gasteiger partial charge in [-0.25, -0.2) is 0 Å². The minimum Gasteiger partial charge on any atom is -0.423 e. The van der Waals surface area contributed by atoms with Crippen LogP contribution in [0.2, 0.25) is 0 Å². The van der Waals surface area contributed by atoms with E-state index in [1.165, 1.54) is 0 Å². The second kappa shape index (κ2) is 5.87. The zero-order chi connectivity index (χ0) is 11.3. The van der Waals surface area contributed by atoms with Crippen LogP contribution >= 0.6 is 0 Å². The van der Waals surface area contributed by atoms with Gasteiger partial charge in [-0.2, -0.15) is 0 Å². The zero-order valence-corrected chi connectivity index (χ0v) is 8.93. The lowest BCUT2D eigenvalue weighted by Crippen LogP contribution is -2.30. The molecule has 0 radical (unpaired) electrons. The van der Waals surface area contributed by atoms with E-state index in [4.69, 9.17) is 19.5 Å². The van der Waals surface area contributed by atoms with Gasteiger partial charge in [0.1, 0.15) is 0 Å². The van der Waals surface area contributed by atoms with Crippen LogP contribution in [0.15, 0.2) is 18.2 Å². The Morgan fingerprint density at radius 1 is 1.07 bits per heavy atom. The highest BCUT2D eigenvalue weighted by Gasteiger charge is 2.13. The summed E-state index contributed by atoms with van der Waals surface area (Å²) < 4.78 is 10.1. The highest BCUT2D eigenvalue weighted by atomic mass is 16.5. The largest absolute Gasteiger partial charge is 0.488 e. The average molecular weight is 210 g/mol. The predicted octanol–water partition coefficient (Wildman–Crippen LogP) is -0.341. The fourth-order valence-electron chi connectivity index (χ4n) is 1.39. The quantitative estimate of drug-likeness (QED) is 0.652. The summed E-state index contributed by atoms with van der Waals surface area (Å²) in [5, 5.41) is 18.0. The molecular weight excluding hydrogens is 195 g/mol. The van der Waals surface area contributed by atoms with Crippen molar-refractivity contribution in [2.75, 3.05) is 14.2 Å². The van der Waals surface area contributed by atoms with E-state index in [9.17, 15) is 0 Å². The third-order valence-corrected chi connectivity index (χ3v) is 2.13. The molecule has 0 unspecified atom stereocenters. The Kier molecular flexibility index (Phi) is 4.78. The van der Waals surface area contributed by atoms with Crippen molar-refractivity contribution in [2.24, 2.45) is 0 Å². The molecule has 0 saturated heterocycles. The predicted molar refractivity (Wildman–Crippen MR) is 57.7 cm³/mol. The molecule has 2 N–H and O–H groups in total. The van der Waals surface area contributed by atoms with Crippen molar-refractivity contribution < 1.29 is 19.5 Å². The van der Waals surface area contributed by atoms with Gasteiger partial charge in [0.2, 0.25) is 0 Å². The molecule has 1 rings (SSSR count). The van der Waals surface area contributed by atoms with E-state index in [0.717, 1.165) is 11.1 Å². The van der Waals surface area contributed by atoms with Gasteiger partial charge in [0, 0.05) is 14.2 Å². The Bertz CT molecular complexity index is 314. The van der Waals surface area contributed by atoms with E-state index in [1.54, 1.807) is 26.4 Å². The van der Waals surface area contributed by atoms with Crippen molar-refractivity contribution in [3.8, 4) is 0 Å². The highest BCUT2D eigenvalue weighted by Crippen LogP contribution is 2.10. The zero-order valence-electron chi connectivity index (χ0n) is 8.93. The van der Waals surface area contributed by atoms with Crippen LogP contribution in [0, 0.1) is 0 Å².